The number of rotatable bonds is 12. The Kier molecular flexibility index (Phi) is 26.2. The van der Waals surface area contributed by atoms with E-state index in [1.54, 1.807) is 0 Å². The molecule has 0 bridgehead atoms. The summed E-state index contributed by atoms with van der Waals surface area (Å²) in [5, 5.41) is 63.3. The maximum Gasteiger partial charge on any atom is 0.324 e. The first-order chi connectivity index (χ1) is 40.0. The fourth-order valence-corrected chi connectivity index (χ4v) is 12.4. The maximum atomic E-state index is 10.5. The molecular weight excluding hydrogens is 1110 g/mol. The fraction of sp³-hybridized carbons (Fsp3) is 0.538. The summed E-state index contributed by atoms with van der Waals surface area (Å²) in [6.07, 6.45) is 6.31. The van der Waals surface area contributed by atoms with Crippen LogP contribution in [-0.2, 0) is 32.5 Å². The third-order valence-electron chi connectivity index (χ3n) is 17.1. The van der Waals surface area contributed by atoms with E-state index in [2.05, 4.69) is 223 Å². The van der Waals surface area contributed by atoms with Crippen LogP contribution in [0.5, 0.6) is 34.5 Å². The molecule has 0 spiro atoms. The summed E-state index contributed by atoms with van der Waals surface area (Å²) in [6.45, 7) is 57.7. The van der Waals surface area contributed by atoms with Crippen molar-refractivity contribution in [1.29, 1.82) is 0 Å². The number of benzene rings is 6. The lowest BCUT2D eigenvalue weighted by Gasteiger charge is -2.29. The molecule has 88 heavy (non-hydrogen) atoms. The standard InChI is InChI=1S/3C26H38O2.H3O3P/c3*1-10-11-18(19-14-21(25(4,5)6)23(27)12-16(19)2)20-15-22(26(7,8)9)24(28)13-17(20)3;1-4(2)3/h3*12-15,18,27-28H,10-11H2,1-9H3;1-3H. The molecule has 0 aromatic heterocycles. The number of aromatic hydroxyl groups is 6. The Morgan fingerprint density at radius 2 is 0.375 bits per heavy atom. The summed E-state index contributed by atoms with van der Waals surface area (Å²) < 4.78 is 0. The number of hydrogen-bond acceptors (Lipinski definition) is 9. The third kappa shape index (κ3) is 20.0. The second kappa shape index (κ2) is 30.0. The molecule has 0 radical (unpaired) electrons. The zero-order chi connectivity index (χ0) is 67.9. The maximum absolute atomic E-state index is 10.5. The van der Waals surface area contributed by atoms with Crippen LogP contribution in [0.4, 0.5) is 0 Å². The summed E-state index contributed by atoms with van der Waals surface area (Å²) in [5.41, 5.74) is 19.6. The average molecular weight is 1230 g/mol. The topological polar surface area (TPSA) is 182 Å². The Bertz CT molecular complexity index is 2750. The molecular formula is C78H117O9P. The molecule has 9 nitrogen and oxygen atoms in total. The minimum absolute atomic E-state index is 0.121. The number of hydrogen-bond donors (Lipinski definition) is 9. The van der Waals surface area contributed by atoms with Crippen molar-refractivity contribution in [1.82, 2.24) is 0 Å². The SMILES string of the molecule is CCCC(c1cc(C(C)(C)C)c(O)cc1C)c1cc(C(C)(C)C)c(O)cc1C.CCCC(c1cc(C(C)(C)C)c(O)cc1C)c1cc(C(C)(C)C)c(O)cc1C.CCCC(c1cc(C(C)(C)C)c(O)cc1C)c1cc(C(C)(C)C)c(O)cc1C.OP(O)O. The van der Waals surface area contributed by atoms with Crippen molar-refractivity contribution in [3.8, 4) is 34.5 Å². The number of aryl methyl sites for hydroxylation is 6. The Labute approximate surface area is 534 Å². The highest BCUT2D eigenvalue weighted by molar-refractivity contribution is 7.38. The van der Waals surface area contributed by atoms with E-state index >= 15 is 0 Å². The van der Waals surface area contributed by atoms with E-state index in [9.17, 15) is 30.6 Å². The quantitative estimate of drug-likeness (QED) is 0.0539. The summed E-state index contributed by atoms with van der Waals surface area (Å²) in [4.78, 5) is 21.7. The number of phenolic OH excluding ortho intramolecular Hbond substituents is 6. The summed E-state index contributed by atoms with van der Waals surface area (Å²) >= 11 is 0. The average Bonchev–Trinajstić information content (AvgIpc) is 0.938. The van der Waals surface area contributed by atoms with E-state index in [1.807, 2.05) is 36.4 Å². The predicted octanol–water partition coefficient (Wildman–Crippen LogP) is 20.9. The molecule has 488 valence electrons. The van der Waals surface area contributed by atoms with Crippen LogP contribution in [-0.4, -0.2) is 45.3 Å². The van der Waals surface area contributed by atoms with Gasteiger partial charge in [0.2, 0.25) is 0 Å². The van der Waals surface area contributed by atoms with Crippen LogP contribution in [0.2, 0.25) is 0 Å². The Morgan fingerprint density at radius 3 is 0.466 bits per heavy atom. The van der Waals surface area contributed by atoms with Crippen molar-refractivity contribution >= 4 is 8.60 Å². The Morgan fingerprint density at radius 1 is 0.261 bits per heavy atom. The van der Waals surface area contributed by atoms with Crippen LogP contribution in [0.25, 0.3) is 0 Å². The van der Waals surface area contributed by atoms with Gasteiger partial charge in [0.05, 0.1) is 0 Å². The molecule has 0 saturated carbocycles. The largest absolute Gasteiger partial charge is 0.508 e. The van der Waals surface area contributed by atoms with Gasteiger partial charge >= 0.3 is 8.60 Å². The summed E-state index contributed by atoms with van der Waals surface area (Å²) in [6, 6.07) is 24.7. The van der Waals surface area contributed by atoms with Gasteiger partial charge in [-0.15, -0.1) is 0 Å². The van der Waals surface area contributed by atoms with Crippen LogP contribution in [0.1, 0.15) is 302 Å². The molecule has 9 N–H and O–H groups in total. The van der Waals surface area contributed by atoms with Crippen LogP contribution < -0.4 is 0 Å². The van der Waals surface area contributed by atoms with Crippen LogP contribution in [0, 0.1) is 41.5 Å². The van der Waals surface area contributed by atoms with Crippen LogP contribution in [0.3, 0.4) is 0 Å². The minimum Gasteiger partial charge on any atom is -0.508 e. The van der Waals surface area contributed by atoms with Gasteiger partial charge in [-0.1, -0.05) is 201 Å². The highest BCUT2D eigenvalue weighted by Gasteiger charge is 2.31. The monoisotopic (exact) mass is 1230 g/mol. The minimum atomic E-state index is -2.62. The molecule has 0 saturated heterocycles. The normalized spacial score (nSPS) is 12.5. The van der Waals surface area contributed by atoms with Gasteiger partial charge in [0, 0.05) is 17.8 Å². The molecule has 10 heteroatoms. The highest BCUT2D eigenvalue weighted by atomic mass is 31.2. The van der Waals surface area contributed by atoms with Gasteiger partial charge in [-0.05, 0) is 230 Å². The highest BCUT2D eigenvalue weighted by Crippen LogP contribution is 2.47. The van der Waals surface area contributed by atoms with Gasteiger partial charge in [-0.3, -0.25) is 0 Å². The van der Waals surface area contributed by atoms with E-state index in [0.29, 0.717) is 34.5 Å². The first-order valence-corrected chi connectivity index (χ1v) is 33.1. The molecule has 0 aliphatic carbocycles. The van der Waals surface area contributed by atoms with Crippen LogP contribution in [0.15, 0.2) is 72.8 Å². The van der Waals surface area contributed by atoms with E-state index in [4.69, 9.17) is 14.7 Å². The van der Waals surface area contributed by atoms with Gasteiger partial charge in [0.1, 0.15) is 34.5 Å². The molecule has 6 rings (SSSR count). The van der Waals surface area contributed by atoms with E-state index < -0.39 is 8.60 Å². The van der Waals surface area contributed by atoms with Crippen molar-refractivity contribution in [3.63, 3.8) is 0 Å². The predicted molar refractivity (Wildman–Crippen MR) is 373 cm³/mol. The zero-order valence-electron chi connectivity index (χ0n) is 59.4. The molecule has 0 fully saturated rings. The fourth-order valence-electron chi connectivity index (χ4n) is 12.4. The van der Waals surface area contributed by atoms with Gasteiger partial charge in [-0.25, -0.2) is 0 Å². The molecule has 6 aromatic rings. The molecule has 0 unspecified atom stereocenters. The Hall–Kier alpha value is -5.57. The lowest BCUT2D eigenvalue weighted by Crippen LogP contribution is -2.16. The first kappa shape index (κ1) is 76.7. The molecule has 6 aromatic carbocycles. The smallest absolute Gasteiger partial charge is 0.324 e. The lowest BCUT2D eigenvalue weighted by atomic mass is 9.76. The van der Waals surface area contributed by atoms with E-state index in [1.165, 1.54) is 33.4 Å². The number of phenols is 6. The van der Waals surface area contributed by atoms with Gasteiger partial charge in [0.25, 0.3) is 0 Å². The van der Waals surface area contributed by atoms with Crippen molar-refractivity contribution in [3.05, 3.63) is 173 Å². The van der Waals surface area contributed by atoms with Gasteiger partial charge < -0.3 is 45.3 Å². The van der Waals surface area contributed by atoms with E-state index in [-0.39, 0.29) is 50.2 Å². The zero-order valence-corrected chi connectivity index (χ0v) is 60.3. The van der Waals surface area contributed by atoms with Crippen molar-refractivity contribution in [2.24, 2.45) is 0 Å². The molecule has 0 heterocycles. The van der Waals surface area contributed by atoms with Crippen molar-refractivity contribution in [2.45, 2.75) is 276 Å². The second-order valence-electron chi connectivity index (χ2n) is 31.1. The van der Waals surface area contributed by atoms with E-state index in [0.717, 1.165) is 105 Å². The van der Waals surface area contributed by atoms with Crippen molar-refractivity contribution < 1.29 is 45.3 Å². The van der Waals surface area contributed by atoms with Crippen LogP contribution >= 0.6 is 8.60 Å². The molecule has 0 aliphatic rings. The van der Waals surface area contributed by atoms with Crippen molar-refractivity contribution in [2.75, 3.05) is 0 Å². The lowest BCUT2D eigenvalue weighted by molar-refractivity contribution is 0.368. The second-order valence-corrected chi connectivity index (χ2v) is 31.7. The van der Waals surface area contributed by atoms with Gasteiger partial charge in [-0.2, -0.15) is 0 Å². The molecule has 0 amide bonds. The molecule has 0 aliphatic heterocycles. The summed E-state index contributed by atoms with van der Waals surface area (Å²) in [5.74, 6) is 2.99. The Balaban J connectivity index is 0.000000334. The molecule has 0 atom stereocenters. The van der Waals surface area contributed by atoms with Gasteiger partial charge in [0.15, 0.2) is 0 Å². The third-order valence-corrected chi connectivity index (χ3v) is 17.1. The first-order valence-electron chi connectivity index (χ1n) is 31.9. The summed E-state index contributed by atoms with van der Waals surface area (Å²) in [7, 11) is -2.62.